The van der Waals surface area contributed by atoms with E-state index in [0.717, 1.165) is 6.07 Å². The molecule has 0 amide bonds. The average Bonchev–Trinajstić information content (AvgIpc) is 2.39. The maximum atomic E-state index is 14.1. The van der Waals surface area contributed by atoms with Crippen molar-refractivity contribution < 1.29 is 12.8 Å². The van der Waals surface area contributed by atoms with E-state index >= 15 is 0 Å². The highest BCUT2D eigenvalue weighted by molar-refractivity contribution is 8.00. The Labute approximate surface area is 128 Å². The highest BCUT2D eigenvalue weighted by Gasteiger charge is 2.25. The van der Waals surface area contributed by atoms with E-state index in [1.54, 1.807) is 0 Å². The van der Waals surface area contributed by atoms with Crippen molar-refractivity contribution in [1.82, 2.24) is 4.72 Å². The number of rotatable bonds is 6. The molecule has 0 aliphatic heterocycles. The third-order valence-electron chi connectivity index (χ3n) is 2.83. The Hall–Kier alpha value is -0.340. The molecule has 8 heteroatoms. The maximum absolute atomic E-state index is 14.1. The van der Waals surface area contributed by atoms with Gasteiger partial charge in [-0.1, -0.05) is 11.6 Å². The van der Waals surface area contributed by atoms with Gasteiger partial charge in [0.25, 0.3) is 0 Å². The number of hydrogen-bond donors (Lipinski definition) is 2. The summed E-state index contributed by atoms with van der Waals surface area (Å²) < 4.78 is 40.5. The molecule has 3 N–H and O–H groups in total. The van der Waals surface area contributed by atoms with Crippen molar-refractivity contribution in [3.8, 4) is 0 Å². The van der Waals surface area contributed by atoms with Crippen molar-refractivity contribution in [1.29, 1.82) is 0 Å². The summed E-state index contributed by atoms with van der Waals surface area (Å²) in [7, 11) is -3.97. The first-order chi connectivity index (χ1) is 9.13. The predicted molar refractivity (Wildman–Crippen MR) is 82.1 cm³/mol. The first-order valence-electron chi connectivity index (χ1n) is 5.86. The molecule has 1 aromatic carbocycles. The maximum Gasteiger partial charge on any atom is 0.243 e. The number of nitrogens with two attached hydrogens (primary N) is 1. The van der Waals surface area contributed by atoms with E-state index in [0.29, 0.717) is 0 Å². The summed E-state index contributed by atoms with van der Waals surface area (Å²) in [5.74, 6) is -0.855. The molecule has 1 rings (SSSR count). The largest absolute Gasteiger partial charge is 0.326 e. The first kappa shape index (κ1) is 17.7. The highest BCUT2D eigenvalue weighted by Crippen LogP contribution is 2.25. The van der Waals surface area contributed by atoms with Gasteiger partial charge >= 0.3 is 0 Å². The highest BCUT2D eigenvalue weighted by atomic mass is 35.5. The second-order valence-corrected chi connectivity index (χ2v) is 8.55. The molecule has 4 nitrogen and oxygen atoms in total. The minimum Gasteiger partial charge on any atom is -0.326 e. The SMILES string of the molecule is CSC(C)(C)CNS(=O)(=O)c1cc(Cl)cc(CN)c1F. The third kappa shape index (κ3) is 4.33. The number of thioether (sulfide) groups is 1. The molecule has 0 aromatic heterocycles. The summed E-state index contributed by atoms with van der Waals surface area (Å²) >= 11 is 7.32. The topological polar surface area (TPSA) is 72.2 Å². The molecule has 0 saturated heterocycles. The van der Waals surface area contributed by atoms with Gasteiger partial charge in [0.15, 0.2) is 0 Å². The second-order valence-electron chi connectivity index (χ2n) is 4.87. The molecule has 0 aliphatic rings. The van der Waals surface area contributed by atoms with E-state index in [-0.39, 0.29) is 28.4 Å². The molecule has 20 heavy (non-hydrogen) atoms. The van der Waals surface area contributed by atoms with Crippen LogP contribution in [-0.2, 0) is 16.6 Å². The predicted octanol–water partition coefficient (Wildman–Crippen LogP) is 2.36. The van der Waals surface area contributed by atoms with Gasteiger partial charge < -0.3 is 5.73 Å². The lowest BCUT2D eigenvalue weighted by atomic mass is 10.2. The molecule has 0 radical (unpaired) electrons. The van der Waals surface area contributed by atoms with E-state index in [1.165, 1.54) is 17.8 Å². The average molecular weight is 341 g/mol. The van der Waals surface area contributed by atoms with Crippen molar-refractivity contribution in [3.63, 3.8) is 0 Å². The Balaban J connectivity index is 3.13. The zero-order valence-electron chi connectivity index (χ0n) is 11.5. The molecule has 0 unspecified atom stereocenters. The monoisotopic (exact) mass is 340 g/mol. The standard InChI is InChI=1S/C12H18ClFN2O2S2/c1-12(2,19-3)7-16-20(17,18)10-5-9(13)4-8(6-15)11(10)14/h4-5,16H,6-7,15H2,1-3H3. The number of benzene rings is 1. The van der Waals surface area contributed by atoms with Crippen LogP contribution >= 0.6 is 23.4 Å². The fourth-order valence-electron chi connectivity index (χ4n) is 1.38. The minimum absolute atomic E-state index is 0.0713. The number of sulfonamides is 1. The van der Waals surface area contributed by atoms with Gasteiger partial charge in [-0.25, -0.2) is 17.5 Å². The minimum atomic E-state index is -3.97. The number of halogens is 2. The molecular formula is C12H18ClFN2O2S2. The Bertz CT molecular complexity index is 591. The van der Waals surface area contributed by atoms with Crippen LogP contribution in [0.1, 0.15) is 19.4 Å². The smallest absolute Gasteiger partial charge is 0.243 e. The molecule has 0 bridgehead atoms. The van der Waals surface area contributed by atoms with Crippen LogP contribution in [0.2, 0.25) is 5.02 Å². The summed E-state index contributed by atoms with van der Waals surface area (Å²) in [5, 5.41) is 0.136. The van der Waals surface area contributed by atoms with Gasteiger partial charge in [-0.15, -0.1) is 0 Å². The van der Waals surface area contributed by atoms with Gasteiger partial charge in [0.05, 0.1) is 0 Å². The van der Waals surface area contributed by atoms with Gasteiger partial charge in [0, 0.05) is 28.4 Å². The molecule has 0 fully saturated rings. The van der Waals surface area contributed by atoms with E-state index < -0.39 is 20.7 Å². The van der Waals surface area contributed by atoms with Crippen LogP contribution in [-0.4, -0.2) is 26.0 Å². The molecule has 0 aliphatic carbocycles. The van der Waals surface area contributed by atoms with Crippen molar-refractivity contribution in [2.75, 3.05) is 12.8 Å². The Morgan fingerprint density at radius 1 is 1.45 bits per heavy atom. The van der Waals surface area contributed by atoms with Crippen LogP contribution in [0.5, 0.6) is 0 Å². The Morgan fingerprint density at radius 2 is 2.05 bits per heavy atom. The second kappa shape index (κ2) is 6.62. The fourth-order valence-corrected chi connectivity index (χ4v) is 3.35. The summed E-state index contributed by atoms with van der Waals surface area (Å²) in [6.45, 7) is 3.84. The summed E-state index contributed by atoms with van der Waals surface area (Å²) in [6, 6.07) is 2.41. The van der Waals surface area contributed by atoms with Crippen molar-refractivity contribution in [3.05, 3.63) is 28.5 Å². The number of nitrogens with one attached hydrogen (secondary N) is 1. The molecule has 0 saturated carbocycles. The lowest BCUT2D eigenvalue weighted by Crippen LogP contribution is -2.36. The van der Waals surface area contributed by atoms with E-state index in [2.05, 4.69) is 4.72 Å². The number of hydrogen-bond acceptors (Lipinski definition) is 4. The molecule has 0 spiro atoms. The summed E-state index contributed by atoms with van der Waals surface area (Å²) in [6.07, 6.45) is 1.88. The lowest BCUT2D eigenvalue weighted by Gasteiger charge is -2.22. The zero-order chi connectivity index (χ0) is 15.6. The van der Waals surface area contributed by atoms with Crippen LogP contribution in [0, 0.1) is 5.82 Å². The first-order valence-corrected chi connectivity index (χ1v) is 8.94. The van der Waals surface area contributed by atoms with Gasteiger partial charge in [-0.05, 0) is 32.2 Å². The van der Waals surface area contributed by atoms with E-state index in [4.69, 9.17) is 17.3 Å². The van der Waals surface area contributed by atoms with Gasteiger partial charge in [0.2, 0.25) is 10.0 Å². The van der Waals surface area contributed by atoms with E-state index in [9.17, 15) is 12.8 Å². The molecular weight excluding hydrogens is 323 g/mol. The van der Waals surface area contributed by atoms with Crippen LogP contribution in [0.4, 0.5) is 4.39 Å². The van der Waals surface area contributed by atoms with Gasteiger partial charge in [-0.3, -0.25) is 0 Å². The summed E-state index contributed by atoms with van der Waals surface area (Å²) in [5.41, 5.74) is 5.45. The van der Waals surface area contributed by atoms with Crippen molar-refractivity contribution in [2.45, 2.75) is 30.0 Å². The van der Waals surface area contributed by atoms with E-state index in [1.807, 2.05) is 20.1 Å². The normalized spacial score (nSPS) is 12.7. The molecule has 114 valence electrons. The molecule has 0 atom stereocenters. The van der Waals surface area contributed by atoms with Crippen LogP contribution in [0.25, 0.3) is 0 Å². The van der Waals surface area contributed by atoms with Crippen LogP contribution < -0.4 is 10.5 Å². The summed E-state index contributed by atoms with van der Waals surface area (Å²) in [4.78, 5) is -0.470. The van der Waals surface area contributed by atoms with Crippen molar-refractivity contribution >= 4 is 33.4 Å². The molecule has 0 heterocycles. The lowest BCUT2D eigenvalue weighted by molar-refractivity contribution is 0.544. The van der Waals surface area contributed by atoms with Crippen LogP contribution in [0.3, 0.4) is 0 Å². The third-order valence-corrected chi connectivity index (χ3v) is 5.70. The van der Waals surface area contributed by atoms with Gasteiger partial charge in [-0.2, -0.15) is 11.8 Å². The van der Waals surface area contributed by atoms with Gasteiger partial charge in [0.1, 0.15) is 10.7 Å². The zero-order valence-corrected chi connectivity index (χ0v) is 13.9. The quantitative estimate of drug-likeness (QED) is 0.833. The Kier molecular flexibility index (Phi) is 5.86. The fraction of sp³-hybridized carbons (Fsp3) is 0.500. The molecule has 1 aromatic rings. The van der Waals surface area contributed by atoms with Crippen LogP contribution in [0.15, 0.2) is 17.0 Å². The Morgan fingerprint density at radius 3 is 2.55 bits per heavy atom. The van der Waals surface area contributed by atoms with Crippen molar-refractivity contribution in [2.24, 2.45) is 5.73 Å².